The zero-order valence-corrected chi connectivity index (χ0v) is 11.9. The van der Waals surface area contributed by atoms with Crippen LogP contribution in [-0.2, 0) is 4.79 Å². The van der Waals surface area contributed by atoms with Crippen LogP contribution in [0.25, 0.3) is 0 Å². The predicted molar refractivity (Wildman–Crippen MR) is 71.1 cm³/mol. The van der Waals surface area contributed by atoms with Crippen molar-refractivity contribution in [1.82, 2.24) is 0 Å². The maximum absolute atomic E-state index is 11.9. The third kappa shape index (κ3) is 1.47. The molecule has 0 heterocycles. The number of carbonyl (C=O) groups is 1. The second kappa shape index (κ2) is 3.82. The molecule has 3 aliphatic rings. The second-order valence-electron chi connectivity index (χ2n) is 7.50. The largest absolute Gasteiger partial charge is 0.390 e. The Hall–Kier alpha value is -0.370. The molecule has 0 aliphatic heterocycles. The molecule has 2 heteroatoms. The van der Waals surface area contributed by atoms with E-state index in [-0.39, 0.29) is 11.3 Å². The lowest BCUT2D eigenvalue weighted by Gasteiger charge is -2.53. The van der Waals surface area contributed by atoms with E-state index >= 15 is 0 Å². The van der Waals surface area contributed by atoms with Crippen molar-refractivity contribution >= 4 is 5.78 Å². The number of hydrogen-bond donors (Lipinski definition) is 1. The molecule has 0 amide bonds. The molecule has 0 radical (unpaired) electrons. The summed E-state index contributed by atoms with van der Waals surface area (Å²) in [4.78, 5) is 11.9. The summed E-state index contributed by atoms with van der Waals surface area (Å²) in [5.41, 5.74) is -0.401. The summed E-state index contributed by atoms with van der Waals surface area (Å²) in [6.45, 7) is 6.46. The van der Waals surface area contributed by atoms with E-state index in [1.807, 2.05) is 6.92 Å². The van der Waals surface area contributed by atoms with Crippen LogP contribution in [0, 0.1) is 29.1 Å². The summed E-state index contributed by atoms with van der Waals surface area (Å²) in [7, 11) is 0. The summed E-state index contributed by atoms with van der Waals surface area (Å²) in [5.74, 6) is 2.66. The zero-order chi connectivity index (χ0) is 13.1. The average molecular weight is 250 g/mol. The van der Waals surface area contributed by atoms with Gasteiger partial charge in [-0.1, -0.05) is 13.8 Å². The molecule has 3 rings (SSSR count). The van der Waals surface area contributed by atoms with Crippen LogP contribution in [0.1, 0.15) is 59.3 Å². The summed E-state index contributed by atoms with van der Waals surface area (Å²) in [6.07, 6.45) is 6.19. The van der Waals surface area contributed by atoms with Gasteiger partial charge in [-0.25, -0.2) is 0 Å². The van der Waals surface area contributed by atoms with Gasteiger partial charge in [0.1, 0.15) is 5.78 Å². The molecule has 102 valence electrons. The summed E-state index contributed by atoms with van der Waals surface area (Å²) >= 11 is 0. The summed E-state index contributed by atoms with van der Waals surface area (Å²) in [5, 5.41) is 10.7. The minimum atomic E-state index is -0.493. The Labute approximate surface area is 110 Å². The Morgan fingerprint density at radius 1 is 1.11 bits per heavy atom. The van der Waals surface area contributed by atoms with E-state index in [0.717, 1.165) is 38.5 Å². The minimum absolute atomic E-state index is 0.0915. The predicted octanol–water partition coefficient (Wildman–Crippen LogP) is 3.18. The molecule has 0 aromatic heterocycles. The topological polar surface area (TPSA) is 37.3 Å². The molecule has 3 fully saturated rings. The molecule has 0 aromatic rings. The fourth-order valence-electron chi connectivity index (χ4n) is 5.37. The highest BCUT2D eigenvalue weighted by Crippen LogP contribution is 2.63. The molecule has 2 nitrogen and oxygen atoms in total. The van der Waals surface area contributed by atoms with Crippen molar-refractivity contribution in [1.29, 1.82) is 0 Å². The number of hydrogen-bond acceptors (Lipinski definition) is 2. The Morgan fingerprint density at radius 2 is 1.83 bits per heavy atom. The molecule has 1 N–H and O–H groups in total. The standard InChI is InChI=1S/C16H26O2/c1-10-11-6-8-15(2)13(7-9-16(15,3)18)12(11)4-5-14(10)17/h10-13,18H,4-9H2,1-3H3/t10-,11+,12+,13-,15-,16-/m0/s1. The second-order valence-corrected chi connectivity index (χ2v) is 7.50. The lowest BCUT2D eigenvalue weighted by molar-refractivity contribution is -0.138. The molecule has 0 aromatic carbocycles. The van der Waals surface area contributed by atoms with Crippen molar-refractivity contribution < 1.29 is 9.90 Å². The molecule has 18 heavy (non-hydrogen) atoms. The Balaban J connectivity index is 1.90. The molecule has 3 aliphatic carbocycles. The van der Waals surface area contributed by atoms with Crippen molar-refractivity contribution in [2.24, 2.45) is 29.1 Å². The number of Topliss-reactive ketones (excluding diaryl/α,β-unsaturated/α-hetero) is 1. The SMILES string of the molecule is C[C@@H]1C(=O)CC[C@@H]2[C@@H]1CC[C@@]1(C)[C@H]2CC[C@]1(C)O. The van der Waals surface area contributed by atoms with Crippen LogP contribution in [-0.4, -0.2) is 16.5 Å². The highest BCUT2D eigenvalue weighted by Gasteiger charge is 2.60. The first-order valence-corrected chi connectivity index (χ1v) is 7.62. The quantitative estimate of drug-likeness (QED) is 0.717. The van der Waals surface area contributed by atoms with E-state index in [9.17, 15) is 9.90 Å². The van der Waals surface area contributed by atoms with Gasteiger partial charge in [-0.3, -0.25) is 4.79 Å². The lowest BCUT2D eigenvalue weighted by atomic mass is 9.52. The van der Waals surface area contributed by atoms with Crippen LogP contribution in [0.3, 0.4) is 0 Å². The fraction of sp³-hybridized carbons (Fsp3) is 0.938. The van der Waals surface area contributed by atoms with Gasteiger partial charge in [-0.05, 0) is 62.2 Å². The van der Waals surface area contributed by atoms with Crippen LogP contribution >= 0.6 is 0 Å². The minimum Gasteiger partial charge on any atom is -0.390 e. The Morgan fingerprint density at radius 3 is 2.56 bits per heavy atom. The fourth-order valence-corrected chi connectivity index (χ4v) is 5.37. The highest BCUT2D eigenvalue weighted by atomic mass is 16.3. The first-order valence-electron chi connectivity index (χ1n) is 7.62. The monoisotopic (exact) mass is 250 g/mol. The van der Waals surface area contributed by atoms with Crippen LogP contribution in [0.2, 0.25) is 0 Å². The normalized spacial score (nSPS) is 56.1. The van der Waals surface area contributed by atoms with Crippen molar-refractivity contribution in [2.45, 2.75) is 64.9 Å². The van der Waals surface area contributed by atoms with Gasteiger partial charge < -0.3 is 5.11 Å². The lowest BCUT2D eigenvalue weighted by Crippen LogP contribution is -2.51. The molecular weight excluding hydrogens is 224 g/mol. The van der Waals surface area contributed by atoms with Gasteiger partial charge in [0.25, 0.3) is 0 Å². The van der Waals surface area contributed by atoms with Crippen molar-refractivity contribution in [3.05, 3.63) is 0 Å². The van der Waals surface area contributed by atoms with Crippen molar-refractivity contribution in [3.63, 3.8) is 0 Å². The van der Waals surface area contributed by atoms with E-state index < -0.39 is 5.60 Å². The average Bonchev–Trinajstić information content (AvgIpc) is 2.55. The Bertz CT molecular complexity index is 373. The number of aliphatic hydroxyl groups is 1. The first-order chi connectivity index (χ1) is 8.37. The van der Waals surface area contributed by atoms with Crippen molar-refractivity contribution in [3.8, 4) is 0 Å². The number of carbonyl (C=O) groups excluding carboxylic acids is 1. The molecule has 0 saturated heterocycles. The van der Waals surface area contributed by atoms with Crippen LogP contribution in [0.15, 0.2) is 0 Å². The van der Waals surface area contributed by atoms with Crippen LogP contribution < -0.4 is 0 Å². The van der Waals surface area contributed by atoms with Gasteiger partial charge in [0, 0.05) is 12.3 Å². The number of ketones is 1. The Kier molecular flexibility index (Phi) is 2.68. The van der Waals surface area contributed by atoms with E-state index in [1.165, 1.54) is 0 Å². The van der Waals surface area contributed by atoms with Gasteiger partial charge in [0.15, 0.2) is 0 Å². The van der Waals surface area contributed by atoms with E-state index in [4.69, 9.17) is 0 Å². The molecule has 0 bridgehead atoms. The van der Waals surface area contributed by atoms with Gasteiger partial charge >= 0.3 is 0 Å². The molecule has 0 spiro atoms. The summed E-state index contributed by atoms with van der Waals surface area (Å²) in [6, 6.07) is 0. The van der Waals surface area contributed by atoms with Gasteiger partial charge in [-0.2, -0.15) is 0 Å². The maximum atomic E-state index is 11.9. The van der Waals surface area contributed by atoms with Gasteiger partial charge in [0.05, 0.1) is 5.60 Å². The summed E-state index contributed by atoms with van der Waals surface area (Å²) < 4.78 is 0. The van der Waals surface area contributed by atoms with Gasteiger partial charge in [-0.15, -0.1) is 0 Å². The number of rotatable bonds is 0. The number of fused-ring (bicyclic) bond motifs is 3. The van der Waals surface area contributed by atoms with E-state index in [1.54, 1.807) is 0 Å². The highest BCUT2D eigenvalue weighted by molar-refractivity contribution is 5.81. The third-order valence-electron chi connectivity index (χ3n) is 6.93. The molecular formula is C16H26O2. The van der Waals surface area contributed by atoms with E-state index in [0.29, 0.717) is 23.5 Å². The van der Waals surface area contributed by atoms with Crippen LogP contribution in [0.5, 0.6) is 0 Å². The van der Waals surface area contributed by atoms with Crippen molar-refractivity contribution in [2.75, 3.05) is 0 Å². The molecule has 0 unspecified atom stereocenters. The van der Waals surface area contributed by atoms with Gasteiger partial charge in [0.2, 0.25) is 0 Å². The first kappa shape index (κ1) is 12.7. The zero-order valence-electron chi connectivity index (χ0n) is 11.9. The van der Waals surface area contributed by atoms with Crippen LogP contribution in [0.4, 0.5) is 0 Å². The smallest absolute Gasteiger partial charge is 0.135 e. The molecule has 3 saturated carbocycles. The van der Waals surface area contributed by atoms with E-state index in [2.05, 4.69) is 13.8 Å². The molecule has 6 atom stereocenters. The maximum Gasteiger partial charge on any atom is 0.135 e. The third-order valence-corrected chi connectivity index (χ3v) is 6.93.